The Morgan fingerprint density at radius 2 is 1.73 bits per heavy atom. The number of hydrogen-bond donors (Lipinski definition) is 1. The fourth-order valence-electron chi connectivity index (χ4n) is 4.39. The molecule has 5 rings (SSSR count). The third-order valence-corrected chi connectivity index (χ3v) is 7.09. The molecule has 0 spiro atoms. The molecule has 3 heterocycles. The third-order valence-electron chi connectivity index (χ3n) is 5.95. The van der Waals surface area contributed by atoms with E-state index < -0.39 is 9.84 Å². The number of nitrogens with one attached hydrogen (secondary N) is 1. The maximum atomic E-state index is 12.6. The van der Waals surface area contributed by atoms with Crippen LogP contribution in [0.4, 0.5) is 17.1 Å². The molecule has 0 unspecified atom stereocenters. The van der Waals surface area contributed by atoms with Gasteiger partial charge < -0.3 is 5.32 Å². The molecule has 3 aromatic rings. The Balaban J connectivity index is 1.55. The molecular formula is C25H27N5O2S. The number of aryl methyl sites for hydroxylation is 2. The van der Waals surface area contributed by atoms with E-state index in [1.54, 1.807) is 0 Å². The summed E-state index contributed by atoms with van der Waals surface area (Å²) in [7, 11) is -3.41. The largest absolute Gasteiger partial charge is 0.353 e. The minimum Gasteiger partial charge on any atom is -0.353 e. The molecule has 1 aliphatic carbocycles. The Hall–Kier alpha value is -3.13. The van der Waals surface area contributed by atoms with Crippen molar-refractivity contribution in [3.8, 4) is 0 Å². The first-order valence-electron chi connectivity index (χ1n) is 11.1. The van der Waals surface area contributed by atoms with Crippen molar-refractivity contribution in [2.24, 2.45) is 4.99 Å². The van der Waals surface area contributed by atoms with Crippen LogP contribution in [-0.4, -0.2) is 35.3 Å². The van der Waals surface area contributed by atoms with Crippen LogP contribution >= 0.6 is 0 Å². The lowest BCUT2D eigenvalue weighted by molar-refractivity contribution is 0.602. The Labute approximate surface area is 194 Å². The molecule has 0 saturated heterocycles. The first-order chi connectivity index (χ1) is 15.7. The molecule has 2 aromatic heterocycles. The van der Waals surface area contributed by atoms with Crippen molar-refractivity contribution in [3.63, 3.8) is 0 Å². The average Bonchev–Trinajstić information content (AvgIpc) is 3.48. The molecular weight excluding hydrogens is 434 g/mol. The van der Waals surface area contributed by atoms with Gasteiger partial charge in [-0.2, -0.15) is 0 Å². The van der Waals surface area contributed by atoms with Crippen LogP contribution in [-0.2, 0) is 22.7 Å². The Morgan fingerprint density at radius 3 is 2.42 bits per heavy atom. The molecule has 170 valence electrons. The van der Waals surface area contributed by atoms with Crippen molar-refractivity contribution >= 4 is 32.6 Å². The number of fused-ring (bicyclic) bond motifs is 1. The third kappa shape index (κ3) is 4.66. The predicted octanol–water partition coefficient (Wildman–Crippen LogP) is 4.75. The van der Waals surface area contributed by atoms with Gasteiger partial charge in [0.05, 0.1) is 27.7 Å². The van der Waals surface area contributed by atoms with E-state index in [0.717, 1.165) is 64.1 Å². The van der Waals surface area contributed by atoms with Crippen LogP contribution in [0.1, 0.15) is 59.8 Å². The molecule has 7 nitrogen and oxygen atoms in total. The zero-order chi connectivity index (χ0) is 23.3. The van der Waals surface area contributed by atoms with Crippen LogP contribution in [0.5, 0.6) is 0 Å². The lowest BCUT2D eigenvalue weighted by Crippen LogP contribution is -2.06. The van der Waals surface area contributed by atoms with Gasteiger partial charge in [0.1, 0.15) is 11.5 Å². The number of benzene rings is 1. The quantitative estimate of drug-likeness (QED) is 0.569. The number of aliphatic imine (C=N–C) groups is 1. The van der Waals surface area contributed by atoms with E-state index in [2.05, 4.69) is 20.3 Å². The number of hydrogen-bond acceptors (Lipinski definition) is 7. The van der Waals surface area contributed by atoms with E-state index in [4.69, 9.17) is 4.98 Å². The molecule has 0 atom stereocenters. The van der Waals surface area contributed by atoms with E-state index in [1.807, 2.05) is 51.1 Å². The maximum Gasteiger partial charge on any atom is 0.177 e. The zero-order valence-corrected chi connectivity index (χ0v) is 20.1. The second kappa shape index (κ2) is 8.02. The Bertz CT molecular complexity index is 1390. The minimum absolute atomic E-state index is 0.319. The normalized spacial score (nSPS) is 15.3. The summed E-state index contributed by atoms with van der Waals surface area (Å²) in [4.78, 5) is 18.8. The van der Waals surface area contributed by atoms with Gasteiger partial charge in [0.25, 0.3) is 0 Å². The molecule has 2 aliphatic rings. The maximum absolute atomic E-state index is 12.6. The Morgan fingerprint density at radius 1 is 0.970 bits per heavy atom. The fraction of sp³-hybridized carbons (Fsp3) is 0.360. The second-order valence-electron chi connectivity index (χ2n) is 9.13. The van der Waals surface area contributed by atoms with Gasteiger partial charge in [-0.25, -0.2) is 18.4 Å². The van der Waals surface area contributed by atoms with Gasteiger partial charge in [-0.1, -0.05) is 6.07 Å². The molecule has 33 heavy (non-hydrogen) atoms. The van der Waals surface area contributed by atoms with Crippen molar-refractivity contribution in [1.29, 1.82) is 0 Å². The number of rotatable bonds is 6. The number of sulfone groups is 1. The van der Waals surface area contributed by atoms with Crippen molar-refractivity contribution in [2.75, 3.05) is 11.6 Å². The van der Waals surface area contributed by atoms with E-state index in [-0.39, 0.29) is 0 Å². The summed E-state index contributed by atoms with van der Waals surface area (Å²) >= 11 is 0. The summed E-state index contributed by atoms with van der Waals surface area (Å²) in [6, 6.07) is 9.64. The molecule has 1 N–H and O–H groups in total. The molecule has 1 aromatic carbocycles. The Kier molecular flexibility index (Phi) is 5.28. The molecule has 0 amide bonds. The van der Waals surface area contributed by atoms with Gasteiger partial charge in [-0.15, -0.1) is 0 Å². The summed E-state index contributed by atoms with van der Waals surface area (Å²) in [6.07, 6.45) is 4.74. The standard InChI is InChI=1S/C25H27N5O2S/c1-14-9-19(28-16(3)26-14)12-20-13-23(25-22(29-20)10-15(2)27-25)30-21-8-7-18(17-5-6-17)11-24(21)33(4,31)32/h7-9,11,13,17H,5-6,10,12H2,1-4H3,(H,29,30). The first-order valence-corrected chi connectivity index (χ1v) is 13.0. The van der Waals surface area contributed by atoms with Crippen molar-refractivity contribution < 1.29 is 8.42 Å². The van der Waals surface area contributed by atoms with E-state index in [1.165, 1.54) is 6.26 Å². The van der Waals surface area contributed by atoms with Crippen LogP contribution in [0.2, 0.25) is 0 Å². The fourth-order valence-corrected chi connectivity index (χ4v) is 5.26. The van der Waals surface area contributed by atoms with Gasteiger partial charge in [-0.05, 0) is 69.4 Å². The highest BCUT2D eigenvalue weighted by molar-refractivity contribution is 7.90. The summed E-state index contributed by atoms with van der Waals surface area (Å²) < 4.78 is 25.2. The van der Waals surface area contributed by atoms with Gasteiger partial charge in [0, 0.05) is 36.2 Å². The van der Waals surface area contributed by atoms with Crippen LogP contribution in [0, 0.1) is 13.8 Å². The van der Waals surface area contributed by atoms with Crippen LogP contribution < -0.4 is 5.32 Å². The molecule has 1 aliphatic heterocycles. The molecule has 0 bridgehead atoms. The van der Waals surface area contributed by atoms with Gasteiger partial charge in [-0.3, -0.25) is 9.98 Å². The van der Waals surface area contributed by atoms with Gasteiger partial charge in [0.15, 0.2) is 9.84 Å². The van der Waals surface area contributed by atoms with Crippen molar-refractivity contribution in [1.82, 2.24) is 15.0 Å². The summed E-state index contributed by atoms with van der Waals surface area (Å²) in [5.74, 6) is 1.21. The zero-order valence-electron chi connectivity index (χ0n) is 19.3. The lowest BCUT2D eigenvalue weighted by atomic mass is 10.1. The molecule has 1 saturated carbocycles. The van der Waals surface area contributed by atoms with Crippen LogP contribution in [0.15, 0.2) is 40.2 Å². The number of aromatic nitrogens is 3. The topological polar surface area (TPSA) is 97.2 Å². The molecule has 0 radical (unpaired) electrons. The van der Waals surface area contributed by atoms with Crippen molar-refractivity contribution in [3.05, 3.63) is 64.5 Å². The molecule has 8 heteroatoms. The number of pyridine rings is 1. The first kappa shape index (κ1) is 21.7. The van der Waals surface area contributed by atoms with Gasteiger partial charge >= 0.3 is 0 Å². The van der Waals surface area contributed by atoms with E-state index in [0.29, 0.717) is 29.3 Å². The minimum atomic E-state index is -3.41. The van der Waals surface area contributed by atoms with Crippen LogP contribution in [0.25, 0.3) is 0 Å². The number of anilines is 2. The highest BCUT2D eigenvalue weighted by Crippen LogP contribution is 2.43. The predicted molar refractivity (Wildman–Crippen MR) is 130 cm³/mol. The second-order valence-corrected chi connectivity index (χ2v) is 11.1. The van der Waals surface area contributed by atoms with Crippen LogP contribution in [0.3, 0.4) is 0 Å². The molecule has 1 fully saturated rings. The highest BCUT2D eigenvalue weighted by Gasteiger charge is 2.26. The monoisotopic (exact) mass is 461 g/mol. The summed E-state index contributed by atoms with van der Waals surface area (Å²) in [5.41, 5.74) is 7.75. The SMILES string of the molecule is CC1=Nc2c(Nc3ccc(C4CC4)cc3S(C)(=O)=O)cc(Cc3cc(C)nc(C)n3)nc2C1. The summed E-state index contributed by atoms with van der Waals surface area (Å²) in [5, 5.41) is 3.38. The van der Waals surface area contributed by atoms with Crippen molar-refractivity contribution in [2.45, 2.75) is 57.3 Å². The average molecular weight is 462 g/mol. The lowest BCUT2D eigenvalue weighted by Gasteiger charge is -2.16. The number of nitrogens with zero attached hydrogens (tertiary/aromatic N) is 4. The van der Waals surface area contributed by atoms with E-state index >= 15 is 0 Å². The van der Waals surface area contributed by atoms with E-state index in [9.17, 15) is 8.42 Å². The smallest absolute Gasteiger partial charge is 0.177 e. The summed E-state index contributed by atoms with van der Waals surface area (Å²) in [6.45, 7) is 5.82. The highest BCUT2D eigenvalue weighted by atomic mass is 32.2. The van der Waals surface area contributed by atoms with Gasteiger partial charge in [0.2, 0.25) is 0 Å².